The standard InChI is InChI=1S/C10H11NO2/c11-3-1-7-5-8-2-4-13-10(8)6-9(7)12/h2,4-6,12H,1,3,11H2. The van der Waals surface area contributed by atoms with Gasteiger partial charge in [-0.3, -0.25) is 0 Å². The van der Waals surface area contributed by atoms with Gasteiger partial charge in [0.15, 0.2) is 0 Å². The van der Waals surface area contributed by atoms with Crippen molar-refractivity contribution in [2.24, 2.45) is 5.73 Å². The normalized spacial score (nSPS) is 10.8. The van der Waals surface area contributed by atoms with Crippen molar-refractivity contribution in [3.05, 3.63) is 30.0 Å². The van der Waals surface area contributed by atoms with Crippen molar-refractivity contribution >= 4 is 11.0 Å². The van der Waals surface area contributed by atoms with Gasteiger partial charge in [-0.05, 0) is 30.7 Å². The molecular weight excluding hydrogens is 166 g/mol. The van der Waals surface area contributed by atoms with E-state index in [0.717, 1.165) is 10.9 Å². The minimum absolute atomic E-state index is 0.257. The van der Waals surface area contributed by atoms with Crippen LogP contribution in [-0.4, -0.2) is 11.7 Å². The Bertz CT molecular complexity index is 420. The van der Waals surface area contributed by atoms with E-state index >= 15 is 0 Å². The fourth-order valence-corrected chi connectivity index (χ4v) is 1.40. The first-order valence-electron chi connectivity index (χ1n) is 4.20. The molecule has 0 unspecified atom stereocenters. The third kappa shape index (κ3) is 1.38. The molecule has 0 aliphatic heterocycles. The zero-order valence-electron chi connectivity index (χ0n) is 7.16. The lowest BCUT2D eigenvalue weighted by Gasteiger charge is -2.01. The SMILES string of the molecule is NCCc1cc2ccoc2cc1O. The van der Waals surface area contributed by atoms with Crippen molar-refractivity contribution in [1.82, 2.24) is 0 Å². The monoisotopic (exact) mass is 177 g/mol. The van der Waals surface area contributed by atoms with Gasteiger partial charge in [-0.1, -0.05) is 0 Å². The maximum atomic E-state index is 9.54. The summed E-state index contributed by atoms with van der Waals surface area (Å²) >= 11 is 0. The third-order valence-electron chi connectivity index (χ3n) is 2.07. The average Bonchev–Trinajstić information content (AvgIpc) is 2.52. The lowest BCUT2D eigenvalue weighted by Crippen LogP contribution is -2.02. The number of hydrogen-bond acceptors (Lipinski definition) is 3. The van der Waals surface area contributed by atoms with Crippen LogP contribution in [-0.2, 0) is 6.42 Å². The smallest absolute Gasteiger partial charge is 0.137 e. The van der Waals surface area contributed by atoms with Crippen LogP contribution >= 0.6 is 0 Å². The summed E-state index contributed by atoms with van der Waals surface area (Å²) in [6.45, 7) is 0.539. The summed E-state index contributed by atoms with van der Waals surface area (Å²) in [6.07, 6.45) is 2.29. The molecule has 1 aromatic carbocycles. The Morgan fingerprint density at radius 2 is 2.23 bits per heavy atom. The van der Waals surface area contributed by atoms with Crippen LogP contribution in [0.4, 0.5) is 0 Å². The summed E-state index contributed by atoms with van der Waals surface area (Å²) in [7, 11) is 0. The molecule has 0 saturated heterocycles. The molecule has 0 saturated carbocycles. The van der Waals surface area contributed by atoms with Crippen LogP contribution in [0.3, 0.4) is 0 Å². The molecule has 2 rings (SSSR count). The van der Waals surface area contributed by atoms with E-state index in [1.807, 2.05) is 12.1 Å². The molecule has 0 radical (unpaired) electrons. The summed E-state index contributed by atoms with van der Waals surface area (Å²) in [4.78, 5) is 0. The number of phenolic OH excluding ortho intramolecular Hbond substituents is 1. The number of hydrogen-bond donors (Lipinski definition) is 2. The highest BCUT2D eigenvalue weighted by molar-refractivity contribution is 5.79. The summed E-state index contributed by atoms with van der Waals surface area (Å²) in [5, 5.41) is 10.5. The molecule has 0 fully saturated rings. The molecule has 0 amide bonds. The topological polar surface area (TPSA) is 59.4 Å². The molecule has 3 heteroatoms. The van der Waals surface area contributed by atoms with Gasteiger partial charge in [-0.2, -0.15) is 0 Å². The Hall–Kier alpha value is -1.48. The molecule has 3 nitrogen and oxygen atoms in total. The van der Waals surface area contributed by atoms with Gasteiger partial charge in [-0.25, -0.2) is 0 Å². The first kappa shape index (κ1) is 8.13. The number of benzene rings is 1. The first-order chi connectivity index (χ1) is 6.31. The van der Waals surface area contributed by atoms with Crippen molar-refractivity contribution < 1.29 is 9.52 Å². The van der Waals surface area contributed by atoms with Crippen LogP contribution in [0.1, 0.15) is 5.56 Å². The summed E-state index contributed by atoms with van der Waals surface area (Å²) in [6, 6.07) is 5.40. The van der Waals surface area contributed by atoms with Gasteiger partial charge in [0.25, 0.3) is 0 Å². The van der Waals surface area contributed by atoms with E-state index in [1.165, 1.54) is 0 Å². The maximum absolute atomic E-state index is 9.54. The van der Waals surface area contributed by atoms with Crippen LogP contribution in [0, 0.1) is 0 Å². The molecule has 1 heterocycles. The van der Waals surface area contributed by atoms with Crippen molar-refractivity contribution in [3.63, 3.8) is 0 Å². The molecule has 2 aromatic rings. The van der Waals surface area contributed by atoms with Gasteiger partial charge in [-0.15, -0.1) is 0 Å². The van der Waals surface area contributed by atoms with Crippen molar-refractivity contribution in [1.29, 1.82) is 0 Å². The first-order valence-corrected chi connectivity index (χ1v) is 4.20. The highest BCUT2D eigenvalue weighted by Gasteiger charge is 2.04. The molecule has 13 heavy (non-hydrogen) atoms. The van der Waals surface area contributed by atoms with E-state index in [2.05, 4.69) is 0 Å². The van der Waals surface area contributed by atoms with E-state index in [9.17, 15) is 5.11 Å². The van der Waals surface area contributed by atoms with Crippen LogP contribution in [0.5, 0.6) is 5.75 Å². The summed E-state index contributed by atoms with van der Waals surface area (Å²) in [5.74, 6) is 0.257. The van der Waals surface area contributed by atoms with Crippen molar-refractivity contribution in [2.45, 2.75) is 6.42 Å². The van der Waals surface area contributed by atoms with Crippen LogP contribution in [0.15, 0.2) is 28.9 Å². The lowest BCUT2D eigenvalue weighted by atomic mass is 10.1. The van der Waals surface area contributed by atoms with Crippen LogP contribution in [0.2, 0.25) is 0 Å². The zero-order valence-corrected chi connectivity index (χ0v) is 7.16. The third-order valence-corrected chi connectivity index (χ3v) is 2.07. The van der Waals surface area contributed by atoms with Crippen LogP contribution < -0.4 is 5.73 Å². The van der Waals surface area contributed by atoms with E-state index in [0.29, 0.717) is 18.5 Å². The van der Waals surface area contributed by atoms with Crippen LogP contribution in [0.25, 0.3) is 11.0 Å². The second-order valence-corrected chi connectivity index (χ2v) is 2.98. The molecule has 1 aromatic heterocycles. The zero-order chi connectivity index (χ0) is 9.26. The number of furan rings is 1. The van der Waals surface area contributed by atoms with Gasteiger partial charge in [0, 0.05) is 11.5 Å². The Kier molecular flexibility index (Phi) is 1.94. The van der Waals surface area contributed by atoms with E-state index in [4.69, 9.17) is 10.2 Å². The number of rotatable bonds is 2. The molecule has 0 bridgehead atoms. The van der Waals surface area contributed by atoms with E-state index in [-0.39, 0.29) is 5.75 Å². The second kappa shape index (κ2) is 3.11. The van der Waals surface area contributed by atoms with Gasteiger partial charge in [0.2, 0.25) is 0 Å². The highest BCUT2D eigenvalue weighted by atomic mass is 16.3. The minimum atomic E-state index is 0.257. The molecule has 3 N–H and O–H groups in total. The molecule has 68 valence electrons. The van der Waals surface area contributed by atoms with Gasteiger partial charge in [0.1, 0.15) is 11.3 Å². The van der Waals surface area contributed by atoms with E-state index < -0.39 is 0 Å². The molecular formula is C10H11NO2. The Morgan fingerprint density at radius 3 is 3.00 bits per heavy atom. The minimum Gasteiger partial charge on any atom is -0.508 e. The molecule has 0 atom stereocenters. The Balaban J connectivity index is 2.56. The lowest BCUT2D eigenvalue weighted by molar-refractivity contribution is 0.467. The summed E-state index contributed by atoms with van der Waals surface area (Å²) in [5.41, 5.74) is 6.99. The predicted molar refractivity (Wildman–Crippen MR) is 50.6 cm³/mol. The number of nitrogens with two attached hydrogens (primary N) is 1. The quantitative estimate of drug-likeness (QED) is 0.733. The fourth-order valence-electron chi connectivity index (χ4n) is 1.40. The second-order valence-electron chi connectivity index (χ2n) is 2.98. The Morgan fingerprint density at radius 1 is 1.38 bits per heavy atom. The largest absolute Gasteiger partial charge is 0.508 e. The number of aromatic hydroxyl groups is 1. The van der Waals surface area contributed by atoms with Crippen molar-refractivity contribution in [2.75, 3.05) is 6.54 Å². The summed E-state index contributed by atoms with van der Waals surface area (Å²) < 4.78 is 5.14. The molecule has 0 aliphatic rings. The molecule has 0 aliphatic carbocycles. The van der Waals surface area contributed by atoms with Crippen molar-refractivity contribution in [3.8, 4) is 5.75 Å². The maximum Gasteiger partial charge on any atom is 0.137 e. The highest BCUT2D eigenvalue weighted by Crippen LogP contribution is 2.25. The average molecular weight is 177 g/mol. The number of phenols is 1. The predicted octanol–water partition coefficient (Wildman–Crippen LogP) is 1.64. The molecule has 0 spiro atoms. The van der Waals surface area contributed by atoms with Gasteiger partial charge in [0.05, 0.1) is 6.26 Å². The Labute approximate surface area is 75.8 Å². The number of fused-ring (bicyclic) bond motifs is 1. The van der Waals surface area contributed by atoms with Gasteiger partial charge < -0.3 is 15.3 Å². The fraction of sp³-hybridized carbons (Fsp3) is 0.200. The van der Waals surface area contributed by atoms with E-state index in [1.54, 1.807) is 12.3 Å². The van der Waals surface area contributed by atoms with Gasteiger partial charge >= 0.3 is 0 Å².